The Morgan fingerprint density at radius 1 is 0.615 bits per heavy atom. The Labute approximate surface area is 160 Å². The summed E-state index contributed by atoms with van der Waals surface area (Å²) in [7, 11) is 0. The van der Waals surface area contributed by atoms with Crippen molar-refractivity contribution in [1.29, 1.82) is 0 Å². The molecule has 0 rings (SSSR count). The summed E-state index contributed by atoms with van der Waals surface area (Å²) in [6, 6.07) is 0. The average molecular weight is 379 g/mol. The van der Waals surface area contributed by atoms with Crippen LogP contribution >= 0.6 is 0 Å². The molecule has 1 N–H and O–H groups in total. The van der Waals surface area contributed by atoms with Gasteiger partial charge in [0.1, 0.15) is 5.60 Å². The molecule has 0 saturated carbocycles. The first-order chi connectivity index (χ1) is 11.4. The lowest BCUT2D eigenvalue weighted by atomic mass is 9.78. The molecule has 1 atom stereocenters. The van der Waals surface area contributed by atoms with Gasteiger partial charge in [0.15, 0.2) is 0 Å². The molecular weight excluding hydrogens is 336 g/mol. The fourth-order valence-corrected chi connectivity index (χ4v) is 2.47. The summed E-state index contributed by atoms with van der Waals surface area (Å²) in [4.78, 5) is 27.0. The van der Waals surface area contributed by atoms with Crippen LogP contribution < -0.4 is 0 Å². The predicted molar refractivity (Wildman–Crippen MR) is 103 cm³/mol. The van der Waals surface area contributed by atoms with Crippen molar-refractivity contribution in [3.05, 3.63) is 0 Å². The summed E-state index contributed by atoms with van der Waals surface area (Å²) in [5, 5.41) is 8.85. The third-order valence-electron chi connectivity index (χ3n) is 3.57. The molecule has 0 heterocycles. The minimum absolute atomic E-state index is 0.217. The normalized spacial score (nSPS) is 16.6. The molecule has 0 fully saturated rings. The van der Waals surface area contributed by atoms with Crippen LogP contribution in [-0.2, 0) is 24.4 Å². The van der Waals surface area contributed by atoms with E-state index in [2.05, 4.69) is 4.89 Å². The molecule has 0 bridgehead atoms. The van der Waals surface area contributed by atoms with Crippen LogP contribution in [0.5, 0.6) is 0 Å². The van der Waals surface area contributed by atoms with Crippen molar-refractivity contribution in [1.82, 2.24) is 0 Å². The third-order valence-corrected chi connectivity index (χ3v) is 3.57. The molecule has 0 radical (unpaired) electrons. The van der Waals surface area contributed by atoms with Crippen LogP contribution in [-0.4, -0.2) is 34.3 Å². The van der Waals surface area contributed by atoms with Gasteiger partial charge in [-0.25, -0.2) is 24.4 Å². The predicted octanol–water partition coefficient (Wildman–Crippen LogP) is 5.70. The van der Waals surface area contributed by atoms with E-state index in [0.29, 0.717) is 19.3 Å². The van der Waals surface area contributed by atoms with Crippen molar-refractivity contribution in [2.45, 2.75) is 118 Å². The molecule has 0 saturated heterocycles. The SMILES string of the molecule is CC(C)(COO)CC(C)(CCC(C)(C)OOC(C)(C)C)OOC(C)(C)C. The van der Waals surface area contributed by atoms with Crippen molar-refractivity contribution >= 4 is 0 Å². The fourth-order valence-electron chi connectivity index (χ4n) is 2.47. The molecule has 0 aliphatic heterocycles. The first-order valence-electron chi connectivity index (χ1n) is 9.39. The van der Waals surface area contributed by atoms with Gasteiger partial charge in [-0.15, -0.1) is 0 Å². The van der Waals surface area contributed by atoms with Crippen molar-refractivity contribution in [2.75, 3.05) is 6.61 Å². The van der Waals surface area contributed by atoms with Gasteiger partial charge in [-0.3, -0.25) is 5.26 Å². The van der Waals surface area contributed by atoms with Crippen LogP contribution in [0.3, 0.4) is 0 Å². The first kappa shape index (κ1) is 25.8. The fraction of sp³-hybridized carbons (Fsp3) is 1.00. The minimum Gasteiger partial charge on any atom is -0.252 e. The third kappa shape index (κ3) is 13.0. The lowest BCUT2D eigenvalue weighted by Crippen LogP contribution is -2.41. The van der Waals surface area contributed by atoms with Crippen LogP contribution in [0.2, 0.25) is 0 Å². The summed E-state index contributed by atoms with van der Waals surface area (Å²) in [5.74, 6) is 0. The zero-order valence-corrected chi connectivity index (χ0v) is 18.8. The zero-order chi connectivity index (χ0) is 20.9. The van der Waals surface area contributed by atoms with Crippen LogP contribution in [0.4, 0.5) is 0 Å². The molecule has 0 amide bonds. The largest absolute Gasteiger partial charge is 0.252 e. The van der Waals surface area contributed by atoms with E-state index in [-0.39, 0.29) is 17.6 Å². The molecule has 0 aromatic carbocycles. The summed E-state index contributed by atoms with van der Waals surface area (Å²) in [6.45, 7) is 21.9. The van der Waals surface area contributed by atoms with Gasteiger partial charge in [0.05, 0.1) is 23.4 Å². The average Bonchev–Trinajstić information content (AvgIpc) is 2.40. The van der Waals surface area contributed by atoms with E-state index in [0.717, 1.165) is 0 Å². The van der Waals surface area contributed by atoms with Crippen molar-refractivity contribution in [2.24, 2.45) is 5.41 Å². The van der Waals surface area contributed by atoms with Gasteiger partial charge >= 0.3 is 0 Å². The van der Waals surface area contributed by atoms with E-state index < -0.39 is 16.8 Å². The quantitative estimate of drug-likeness (QED) is 0.367. The Morgan fingerprint density at radius 2 is 1.08 bits per heavy atom. The molecule has 0 aliphatic carbocycles. The van der Waals surface area contributed by atoms with Gasteiger partial charge < -0.3 is 0 Å². The maximum Gasteiger partial charge on any atom is 0.101 e. The van der Waals surface area contributed by atoms with E-state index >= 15 is 0 Å². The maximum absolute atomic E-state index is 8.85. The second kappa shape index (κ2) is 9.30. The first-order valence-corrected chi connectivity index (χ1v) is 9.39. The van der Waals surface area contributed by atoms with E-state index in [9.17, 15) is 0 Å². The highest BCUT2D eigenvalue weighted by molar-refractivity contribution is 4.85. The van der Waals surface area contributed by atoms with Gasteiger partial charge in [-0.1, -0.05) is 13.8 Å². The van der Waals surface area contributed by atoms with Gasteiger partial charge in [0.2, 0.25) is 0 Å². The van der Waals surface area contributed by atoms with E-state index in [1.54, 1.807) is 0 Å². The number of rotatable bonds is 11. The number of hydrogen-bond acceptors (Lipinski definition) is 6. The minimum atomic E-state index is -0.572. The molecule has 158 valence electrons. The van der Waals surface area contributed by atoms with E-state index in [1.807, 2.05) is 76.2 Å². The van der Waals surface area contributed by atoms with Crippen molar-refractivity contribution < 1.29 is 29.7 Å². The maximum atomic E-state index is 8.85. The lowest BCUT2D eigenvalue weighted by Gasteiger charge is -2.39. The Morgan fingerprint density at radius 3 is 1.50 bits per heavy atom. The Bertz CT molecular complexity index is 406. The van der Waals surface area contributed by atoms with Crippen molar-refractivity contribution in [3.63, 3.8) is 0 Å². The highest BCUT2D eigenvalue weighted by Crippen LogP contribution is 2.37. The second-order valence-corrected chi connectivity index (χ2v) is 10.9. The highest BCUT2D eigenvalue weighted by Gasteiger charge is 2.38. The molecule has 6 nitrogen and oxygen atoms in total. The summed E-state index contributed by atoms with van der Waals surface area (Å²) in [5.41, 5.74) is -2.11. The summed E-state index contributed by atoms with van der Waals surface area (Å²) in [6.07, 6.45) is 2.05. The molecular formula is C20H42O6. The Kier molecular flexibility index (Phi) is 9.22. The van der Waals surface area contributed by atoms with E-state index in [4.69, 9.17) is 24.8 Å². The van der Waals surface area contributed by atoms with Crippen LogP contribution in [0.1, 0.15) is 95.4 Å². The van der Waals surface area contributed by atoms with Crippen LogP contribution in [0, 0.1) is 5.41 Å². The standard InChI is InChI=1S/C20H42O6/c1-16(2,3)23-25-19(9,10)12-13-20(11,26-24-17(4,5)6)14-18(7,8)15-22-21/h21H,12-15H2,1-11H3. The van der Waals surface area contributed by atoms with Crippen LogP contribution in [0.15, 0.2) is 0 Å². The number of hydrogen-bond donors (Lipinski definition) is 1. The summed E-state index contributed by atoms with van der Waals surface area (Å²) < 4.78 is 0. The smallest absolute Gasteiger partial charge is 0.101 e. The van der Waals surface area contributed by atoms with Crippen molar-refractivity contribution in [3.8, 4) is 0 Å². The van der Waals surface area contributed by atoms with Gasteiger partial charge in [-0.05, 0) is 87.0 Å². The van der Waals surface area contributed by atoms with Gasteiger partial charge in [0.25, 0.3) is 0 Å². The molecule has 26 heavy (non-hydrogen) atoms. The molecule has 0 aromatic rings. The molecule has 1 unspecified atom stereocenters. The Hall–Kier alpha value is -0.240. The van der Waals surface area contributed by atoms with E-state index in [1.165, 1.54) is 0 Å². The van der Waals surface area contributed by atoms with Gasteiger partial charge in [-0.2, -0.15) is 0 Å². The lowest BCUT2D eigenvalue weighted by molar-refractivity contribution is -0.415. The topological polar surface area (TPSA) is 66.4 Å². The van der Waals surface area contributed by atoms with Crippen LogP contribution in [0.25, 0.3) is 0 Å². The molecule has 0 spiro atoms. The monoisotopic (exact) mass is 378 g/mol. The Balaban J connectivity index is 5.04. The highest BCUT2D eigenvalue weighted by atomic mass is 17.2. The second-order valence-electron chi connectivity index (χ2n) is 10.9. The zero-order valence-electron chi connectivity index (χ0n) is 18.8. The molecule has 0 aromatic heterocycles. The van der Waals surface area contributed by atoms with Gasteiger partial charge in [0, 0.05) is 0 Å². The molecule has 0 aliphatic rings. The molecule has 6 heteroatoms. The summed E-state index contributed by atoms with van der Waals surface area (Å²) >= 11 is 0.